The zero-order chi connectivity index (χ0) is 19.1. The van der Waals surface area contributed by atoms with Gasteiger partial charge >= 0.3 is 6.36 Å². The third-order valence-electron chi connectivity index (χ3n) is 3.70. The molecule has 0 aromatic heterocycles. The summed E-state index contributed by atoms with van der Waals surface area (Å²) in [6.45, 7) is 1.87. The van der Waals surface area contributed by atoms with E-state index in [2.05, 4.69) is 4.74 Å². The summed E-state index contributed by atoms with van der Waals surface area (Å²) in [5.74, 6) is -1.84. The van der Waals surface area contributed by atoms with E-state index >= 15 is 0 Å². The van der Waals surface area contributed by atoms with Crippen LogP contribution < -0.4 is 9.64 Å². The maximum absolute atomic E-state index is 12.7. The predicted molar refractivity (Wildman–Crippen MR) is 89.6 cm³/mol. The number of halogens is 4. The van der Waals surface area contributed by atoms with Crippen molar-refractivity contribution in [2.45, 2.75) is 13.3 Å². The molecule has 1 aliphatic rings. The Labute approximate surface area is 151 Å². The maximum atomic E-state index is 12.7. The van der Waals surface area contributed by atoms with Gasteiger partial charge in [0.05, 0.1) is 11.3 Å². The van der Waals surface area contributed by atoms with Gasteiger partial charge in [-0.1, -0.05) is 41.4 Å². The summed E-state index contributed by atoms with van der Waals surface area (Å²) in [5.41, 5.74) is 1.60. The number of ether oxygens (including phenoxy) is 1. The van der Waals surface area contributed by atoms with E-state index in [1.165, 1.54) is 12.1 Å². The van der Waals surface area contributed by atoms with Gasteiger partial charge < -0.3 is 4.74 Å². The number of carbonyl (C=O) groups excluding carboxylic acids is 2. The summed E-state index contributed by atoms with van der Waals surface area (Å²) >= 11 is 6.06. The van der Waals surface area contributed by atoms with E-state index in [1.54, 1.807) is 24.3 Å². The molecule has 0 saturated carbocycles. The van der Waals surface area contributed by atoms with E-state index in [1.807, 2.05) is 6.92 Å². The number of imide groups is 1. The number of hydrogen-bond donors (Lipinski definition) is 0. The minimum absolute atomic E-state index is 0.0484. The Hall–Kier alpha value is -2.80. The summed E-state index contributed by atoms with van der Waals surface area (Å²) in [7, 11) is 0. The summed E-state index contributed by atoms with van der Waals surface area (Å²) in [6, 6.07) is 11.3. The molecular weight excluding hydrogens is 371 g/mol. The molecule has 0 atom stereocenters. The third-order valence-corrected chi connectivity index (χ3v) is 4.05. The first-order valence-corrected chi connectivity index (χ1v) is 7.76. The summed E-state index contributed by atoms with van der Waals surface area (Å²) in [4.78, 5) is 25.9. The number of rotatable bonds is 3. The van der Waals surface area contributed by atoms with Crippen LogP contribution in [0.1, 0.15) is 11.1 Å². The molecule has 0 saturated heterocycles. The monoisotopic (exact) mass is 381 g/mol. The van der Waals surface area contributed by atoms with E-state index < -0.39 is 23.9 Å². The van der Waals surface area contributed by atoms with Crippen molar-refractivity contribution in [2.75, 3.05) is 4.90 Å². The quantitative estimate of drug-likeness (QED) is 0.739. The predicted octanol–water partition coefficient (Wildman–Crippen LogP) is 4.42. The highest BCUT2D eigenvalue weighted by atomic mass is 35.5. The molecule has 2 amide bonds. The minimum Gasteiger partial charge on any atom is -0.406 e. The third kappa shape index (κ3) is 3.43. The first kappa shape index (κ1) is 18.0. The molecule has 1 aliphatic heterocycles. The van der Waals surface area contributed by atoms with Crippen molar-refractivity contribution in [3.05, 3.63) is 64.7 Å². The van der Waals surface area contributed by atoms with Gasteiger partial charge in [-0.05, 0) is 36.8 Å². The fraction of sp³-hybridized carbons (Fsp3) is 0.111. The number of aryl methyl sites for hydroxylation is 1. The molecule has 0 bridgehead atoms. The number of benzene rings is 2. The van der Waals surface area contributed by atoms with Crippen LogP contribution in [0.25, 0.3) is 5.57 Å². The Morgan fingerprint density at radius 3 is 2.04 bits per heavy atom. The maximum Gasteiger partial charge on any atom is 0.573 e. The van der Waals surface area contributed by atoms with E-state index in [4.69, 9.17) is 11.6 Å². The SMILES string of the molecule is Cc1ccc(C2=C(Cl)C(=O)N(c3ccc(OC(F)(F)F)cc3)C2=O)cc1. The summed E-state index contributed by atoms with van der Waals surface area (Å²) in [5, 5.41) is -0.241. The smallest absolute Gasteiger partial charge is 0.406 e. The molecule has 134 valence electrons. The van der Waals surface area contributed by atoms with Crippen LogP contribution in [-0.2, 0) is 9.59 Å². The molecule has 0 N–H and O–H groups in total. The Morgan fingerprint density at radius 2 is 1.50 bits per heavy atom. The second-order valence-corrected chi connectivity index (χ2v) is 5.92. The van der Waals surface area contributed by atoms with Gasteiger partial charge in [-0.3, -0.25) is 9.59 Å². The van der Waals surface area contributed by atoms with Gasteiger partial charge in [-0.25, -0.2) is 4.90 Å². The van der Waals surface area contributed by atoms with E-state index in [9.17, 15) is 22.8 Å². The Balaban J connectivity index is 1.90. The van der Waals surface area contributed by atoms with Gasteiger partial charge in [0.25, 0.3) is 11.8 Å². The van der Waals surface area contributed by atoms with Crippen molar-refractivity contribution in [1.29, 1.82) is 0 Å². The second kappa shape index (κ2) is 6.49. The number of alkyl halides is 3. The molecule has 0 aliphatic carbocycles. The van der Waals surface area contributed by atoms with Crippen LogP contribution in [0.15, 0.2) is 53.6 Å². The number of carbonyl (C=O) groups is 2. The molecular formula is C18H11ClF3NO3. The first-order valence-electron chi connectivity index (χ1n) is 7.39. The molecule has 8 heteroatoms. The van der Waals surface area contributed by atoms with Crippen LogP contribution in [0.4, 0.5) is 18.9 Å². The molecule has 2 aromatic rings. The lowest BCUT2D eigenvalue weighted by atomic mass is 10.0. The van der Waals surface area contributed by atoms with Crippen molar-refractivity contribution in [1.82, 2.24) is 0 Å². The molecule has 26 heavy (non-hydrogen) atoms. The van der Waals surface area contributed by atoms with Crippen LogP contribution in [-0.4, -0.2) is 18.2 Å². The van der Waals surface area contributed by atoms with Gasteiger partial charge in [-0.15, -0.1) is 13.2 Å². The highest BCUT2D eigenvalue weighted by Crippen LogP contribution is 2.35. The molecule has 1 heterocycles. The average molecular weight is 382 g/mol. The normalized spacial score (nSPS) is 15.0. The zero-order valence-electron chi connectivity index (χ0n) is 13.3. The van der Waals surface area contributed by atoms with Crippen molar-refractivity contribution >= 4 is 34.7 Å². The molecule has 0 unspecified atom stereocenters. The number of hydrogen-bond acceptors (Lipinski definition) is 3. The Morgan fingerprint density at radius 1 is 0.923 bits per heavy atom. The minimum atomic E-state index is -4.83. The second-order valence-electron chi connectivity index (χ2n) is 5.54. The molecule has 4 nitrogen and oxygen atoms in total. The topological polar surface area (TPSA) is 46.6 Å². The van der Waals surface area contributed by atoms with Crippen molar-refractivity contribution in [3.8, 4) is 5.75 Å². The highest BCUT2D eigenvalue weighted by Gasteiger charge is 2.39. The lowest BCUT2D eigenvalue weighted by Crippen LogP contribution is -2.31. The van der Waals surface area contributed by atoms with Gasteiger partial charge in [0, 0.05) is 0 Å². The van der Waals surface area contributed by atoms with Crippen LogP contribution in [0, 0.1) is 6.92 Å². The zero-order valence-corrected chi connectivity index (χ0v) is 14.1. The fourth-order valence-corrected chi connectivity index (χ4v) is 2.78. The Kier molecular flexibility index (Phi) is 4.50. The van der Waals surface area contributed by atoms with E-state index in [0.29, 0.717) is 5.56 Å². The van der Waals surface area contributed by atoms with Crippen LogP contribution in [0.2, 0.25) is 0 Å². The van der Waals surface area contributed by atoms with Crippen LogP contribution in [0.3, 0.4) is 0 Å². The Bertz CT molecular complexity index is 903. The molecule has 3 rings (SSSR count). The lowest BCUT2D eigenvalue weighted by Gasteiger charge is -2.16. The molecule has 0 radical (unpaired) electrons. The van der Waals surface area contributed by atoms with Gasteiger partial charge in [0.15, 0.2) is 0 Å². The van der Waals surface area contributed by atoms with E-state index in [0.717, 1.165) is 22.6 Å². The molecule has 0 fully saturated rings. The number of amides is 2. The van der Waals surface area contributed by atoms with Crippen molar-refractivity contribution in [3.63, 3.8) is 0 Å². The fourth-order valence-electron chi connectivity index (χ4n) is 2.50. The van der Waals surface area contributed by atoms with E-state index in [-0.39, 0.29) is 16.3 Å². The molecule has 2 aromatic carbocycles. The standard InChI is InChI=1S/C18H11ClF3NO3/c1-10-2-4-11(5-3-10)14-15(19)17(25)23(16(14)24)12-6-8-13(9-7-12)26-18(20,21)22/h2-9H,1H3. The van der Waals surface area contributed by atoms with Gasteiger partial charge in [0.2, 0.25) is 0 Å². The average Bonchev–Trinajstić information content (AvgIpc) is 2.78. The first-order chi connectivity index (χ1) is 12.2. The van der Waals surface area contributed by atoms with Crippen LogP contribution in [0.5, 0.6) is 5.75 Å². The summed E-state index contributed by atoms with van der Waals surface area (Å²) < 4.78 is 40.4. The van der Waals surface area contributed by atoms with Crippen LogP contribution >= 0.6 is 11.6 Å². The highest BCUT2D eigenvalue weighted by molar-refractivity contribution is 6.60. The lowest BCUT2D eigenvalue weighted by molar-refractivity contribution is -0.274. The van der Waals surface area contributed by atoms with Gasteiger partial charge in [-0.2, -0.15) is 0 Å². The van der Waals surface area contributed by atoms with Crippen molar-refractivity contribution < 1.29 is 27.5 Å². The number of anilines is 1. The number of nitrogens with zero attached hydrogens (tertiary/aromatic N) is 1. The summed E-state index contributed by atoms with van der Waals surface area (Å²) in [6.07, 6.45) is -4.83. The van der Waals surface area contributed by atoms with Gasteiger partial charge in [0.1, 0.15) is 10.8 Å². The van der Waals surface area contributed by atoms with Crippen molar-refractivity contribution in [2.24, 2.45) is 0 Å². The largest absolute Gasteiger partial charge is 0.573 e. The molecule has 0 spiro atoms.